The van der Waals surface area contributed by atoms with Gasteiger partial charge in [0.25, 0.3) is 0 Å². The van der Waals surface area contributed by atoms with E-state index < -0.39 is 35.9 Å². The number of carboxylic acids is 1. The fraction of sp³-hybridized carbons (Fsp3) is 0.417. The Labute approximate surface area is 383 Å². The van der Waals surface area contributed by atoms with Crippen molar-refractivity contribution < 1.29 is 220 Å². The van der Waals surface area contributed by atoms with Gasteiger partial charge in [0.05, 0.1) is 12.8 Å². The molecule has 0 aromatic heterocycles. The summed E-state index contributed by atoms with van der Waals surface area (Å²) >= 11 is 0. The first kappa shape index (κ1) is 52.4. The number of ketones is 2. The number of rotatable bonds is 5. The van der Waals surface area contributed by atoms with E-state index in [4.69, 9.17) is 15.1 Å². The Morgan fingerprint density at radius 1 is 0.977 bits per heavy atom. The third kappa shape index (κ3) is 15.9. The number of carbonyl (C=O) groups is 4. The molecule has 1 heterocycles. The maximum Gasteiger partial charge on any atom is 1.00 e. The Morgan fingerprint density at radius 2 is 1.43 bits per heavy atom. The van der Waals surface area contributed by atoms with Crippen molar-refractivity contribution in [3.8, 4) is 5.75 Å². The van der Waals surface area contributed by atoms with Gasteiger partial charge in [-0.25, -0.2) is 16.8 Å². The van der Waals surface area contributed by atoms with Gasteiger partial charge in [0, 0.05) is 31.4 Å². The third-order valence-electron chi connectivity index (χ3n) is 5.75. The van der Waals surface area contributed by atoms with Crippen LogP contribution in [0.2, 0.25) is 0 Å². The van der Waals surface area contributed by atoms with Crippen LogP contribution in [0.25, 0.3) is 0 Å². The minimum atomic E-state index is -5.62. The maximum absolute atomic E-state index is 11.7. The number of hydrogen-bond acceptors (Lipinski definition) is 13. The number of carboxylic acid groups (broad SMARTS) is 1. The molecule has 15 nitrogen and oxygen atoms in total. The molecule has 0 saturated heterocycles. The Balaban J connectivity index is -0.000000267. The number of nitrogens with zero attached hydrogens (tertiary/aromatic N) is 1. The minimum Gasteiger partial charge on any atom is -0.870 e. The molecule has 230 valence electrons. The van der Waals surface area contributed by atoms with Crippen LogP contribution < -0.4 is 159 Å². The monoisotopic (exact) mass is 737 g/mol. The van der Waals surface area contributed by atoms with E-state index in [9.17, 15) is 45.1 Å². The zero-order valence-corrected chi connectivity index (χ0v) is 36.9. The fourth-order valence-electron chi connectivity index (χ4n) is 4.29. The smallest absolute Gasteiger partial charge is 0.870 e. The van der Waals surface area contributed by atoms with Gasteiger partial charge in [0.15, 0.2) is 32.2 Å². The summed E-state index contributed by atoms with van der Waals surface area (Å²) in [5.74, 6) is -0.893. The maximum atomic E-state index is 11.7. The van der Waals surface area contributed by atoms with E-state index in [0.29, 0.717) is 17.6 Å². The molecule has 0 spiro atoms. The molecule has 0 fully saturated rings. The Kier molecular flexibility index (Phi) is 25.0. The zero-order chi connectivity index (χ0) is 31.4. The number of carbonyl (C=O) groups excluding carboxylic acids is 3. The second kappa shape index (κ2) is 21.0. The fourth-order valence-corrected chi connectivity index (χ4v) is 5.18. The van der Waals surface area contributed by atoms with Crippen LogP contribution in [0.4, 0.5) is 0 Å². The molecule has 20 heteroatoms. The summed E-state index contributed by atoms with van der Waals surface area (Å²) in [7, 11) is -11.2. The van der Waals surface area contributed by atoms with Crippen LogP contribution in [0.1, 0.15) is 58.6 Å². The normalized spacial score (nSPS) is 15.3. The standard InChI is InChI=1S/C12H14O4.C12H14O2.3K.H3NO7S2.H2O/c1-7-8(13)4-5-9(14)11(7)12(2,3)6-10(15)16;1-8-5-4-6-9-11(8)12(2,3)7-10(13)14-9;;;;2-1(9(3,4)5)10(6,7)8;/h4-5H,6H2,1-3H3,(H,15,16);4-6H,7H2,1-3H3;;;;2H,(H,3,4,5)(H,6,7,8);1H2/q;;3*+1;;/p-3. The number of aliphatic carboxylic acids is 1. The van der Waals surface area contributed by atoms with E-state index in [0.717, 1.165) is 5.75 Å². The molecule has 0 bridgehead atoms. The minimum absolute atomic E-state index is 0. The van der Waals surface area contributed by atoms with Gasteiger partial charge in [-0.1, -0.05) is 39.8 Å². The van der Waals surface area contributed by atoms with Gasteiger partial charge < -0.3 is 24.4 Å². The Morgan fingerprint density at radius 3 is 1.84 bits per heavy atom. The van der Waals surface area contributed by atoms with E-state index in [1.165, 1.54) is 23.3 Å². The van der Waals surface area contributed by atoms with E-state index in [1.54, 1.807) is 20.8 Å². The largest absolute Gasteiger partial charge is 1.00 e. The van der Waals surface area contributed by atoms with Gasteiger partial charge >= 0.3 is 166 Å². The summed E-state index contributed by atoms with van der Waals surface area (Å²) in [4.78, 5) is 45.2. The number of fused-ring (bicyclic) bond motifs is 1. The third-order valence-corrected chi connectivity index (χ3v) is 7.61. The second-order valence-corrected chi connectivity index (χ2v) is 12.7. The molecule has 0 amide bonds. The van der Waals surface area contributed by atoms with Crippen molar-refractivity contribution in [2.75, 3.05) is 0 Å². The molecule has 44 heavy (non-hydrogen) atoms. The average Bonchev–Trinajstić information content (AvgIpc) is 2.73. The van der Waals surface area contributed by atoms with Crippen molar-refractivity contribution in [1.82, 2.24) is 3.87 Å². The van der Waals surface area contributed by atoms with E-state index in [2.05, 4.69) is 26.8 Å². The van der Waals surface area contributed by atoms with Crippen molar-refractivity contribution in [2.24, 2.45) is 5.41 Å². The van der Waals surface area contributed by atoms with Crippen molar-refractivity contribution >= 4 is 44.1 Å². The zero-order valence-electron chi connectivity index (χ0n) is 25.9. The second-order valence-electron chi connectivity index (χ2n) is 10.1. The number of benzene rings is 1. The van der Waals surface area contributed by atoms with E-state index in [1.807, 2.05) is 12.1 Å². The molecule has 1 aromatic rings. The Bertz CT molecular complexity index is 1470. The predicted octanol–water partition coefficient (Wildman–Crippen LogP) is -7.47. The molecule has 0 radical (unpaired) electrons. The number of ether oxygens (including phenoxy) is 1. The number of aryl methyl sites for hydroxylation is 1. The molecule has 1 aliphatic carbocycles. The molecule has 1 aliphatic heterocycles. The molecule has 0 saturated carbocycles. The Hall–Kier alpha value is 1.59. The molecule has 0 atom stereocenters. The number of hydrogen-bond donors (Lipinski definition) is 2. The van der Waals surface area contributed by atoms with Gasteiger partial charge in [-0.2, -0.15) is 0 Å². The van der Waals surface area contributed by atoms with Gasteiger partial charge in [-0.05, 0) is 37.6 Å². The van der Waals surface area contributed by atoms with Gasteiger partial charge in [-0.3, -0.25) is 24.4 Å². The molecular weight excluding hydrogens is 708 g/mol. The van der Waals surface area contributed by atoms with Crippen LogP contribution in [0.3, 0.4) is 0 Å². The van der Waals surface area contributed by atoms with E-state index in [-0.39, 0.29) is 189 Å². The average molecular weight is 738 g/mol. The SMILES string of the molecule is CC1=C(C(C)(C)CC(=O)O)C(=O)C=CC1=O.Cc1cccc2c1C(C)(C)CC(=O)O2.O=S(=O)([O-])N(O)S(=O)(=O)[O-].[K+].[K+].[K+].[OH-]. The van der Waals surface area contributed by atoms with Crippen LogP contribution in [0.15, 0.2) is 41.5 Å². The van der Waals surface area contributed by atoms with Crippen LogP contribution in [0.5, 0.6) is 5.75 Å². The molecule has 3 N–H and O–H groups in total. The molecule has 0 unspecified atom stereocenters. The topological polar surface area (TPSA) is 266 Å². The predicted molar refractivity (Wildman–Crippen MR) is 137 cm³/mol. The van der Waals surface area contributed by atoms with Gasteiger partial charge in [-0.15, -0.1) is 0 Å². The summed E-state index contributed by atoms with van der Waals surface area (Å²) in [5, 5.41) is 16.5. The molecule has 2 aliphatic rings. The quantitative estimate of drug-likeness (QED) is 0.0710. The van der Waals surface area contributed by atoms with Crippen molar-refractivity contribution in [1.29, 1.82) is 0 Å². The summed E-state index contributed by atoms with van der Waals surface area (Å²) in [6, 6.07) is 5.84. The van der Waals surface area contributed by atoms with Crippen LogP contribution >= 0.6 is 0 Å². The van der Waals surface area contributed by atoms with Crippen LogP contribution in [-0.2, 0) is 45.2 Å². The van der Waals surface area contributed by atoms with Crippen LogP contribution in [0, 0.1) is 12.3 Å². The van der Waals surface area contributed by atoms with Gasteiger partial charge in [0.1, 0.15) is 5.75 Å². The van der Waals surface area contributed by atoms with Crippen molar-refractivity contribution in [3.05, 3.63) is 52.6 Å². The van der Waals surface area contributed by atoms with Gasteiger partial charge in [0.2, 0.25) is 0 Å². The summed E-state index contributed by atoms with van der Waals surface area (Å²) in [6.07, 6.45) is 2.71. The first-order valence-electron chi connectivity index (χ1n) is 11.3. The summed E-state index contributed by atoms with van der Waals surface area (Å²) in [6.45, 7) is 11.1. The molecular formula is C24H30K3NO14S2. The number of esters is 1. The van der Waals surface area contributed by atoms with Crippen LogP contribution in [-0.4, -0.2) is 69.1 Å². The van der Waals surface area contributed by atoms with E-state index >= 15 is 0 Å². The first-order chi connectivity index (χ1) is 17.9. The van der Waals surface area contributed by atoms with Crippen molar-refractivity contribution in [2.45, 2.75) is 59.8 Å². The van der Waals surface area contributed by atoms with Crippen molar-refractivity contribution in [3.63, 3.8) is 0 Å². The molecule has 3 rings (SSSR count). The first-order valence-corrected chi connectivity index (χ1v) is 14.1. The summed E-state index contributed by atoms with van der Waals surface area (Å²) < 4.78 is 60.5. The molecule has 1 aromatic carbocycles. The summed E-state index contributed by atoms with van der Waals surface area (Å²) in [5.41, 5.74) is 2.09. The number of allylic oxidation sites excluding steroid dienone is 4.